The van der Waals surface area contributed by atoms with Gasteiger partial charge < -0.3 is 20.1 Å². The minimum Gasteiger partial charge on any atom is -0.457 e. The molecule has 2 amide bonds. The molecule has 0 atom stereocenters. The molecule has 0 unspecified atom stereocenters. The number of hydrogen-bond donors (Lipinski definition) is 2. The molecule has 0 aromatic heterocycles. The lowest BCUT2D eigenvalue weighted by Crippen LogP contribution is -2.11. The van der Waals surface area contributed by atoms with Crippen LogP contribution in [0.15, 0.2) is 146 Å². The fourth-order valence-corrected chi connectivity index (χ4v) is 4.73. The van der Waals surface area contributed by atoms with E-state index in [2.05, 4.69) is 10.6 Å². The number of carbonyl (C=O) groups is 2. The Labute approximate surface area is 268 Å². The highest BCUT2D eigenvalue weighted by molar-refractivity contribution is 6.04. The number of aryl methyl sites for hydroxylation is 2. The second kappa shape index (κ2) is 13.7. The zero-order valence-electron chi connectivity index (χ0n) is 25.5. The van der Waals surface area contributed by atoms with E-state index in [0.29, 0.717) is 45.5 Å². The summed E-state index contributed by atoms with van der Waals surface area (Å²) in [6.45, 7) is 3.98. The molecule has 6 nitrogen and oxygen atoms in total. The third kappa shape index (κ3) is 7.68. The van der Waals surface area contributed by atoms with E-state index in [0.717, 1.165) is 22.3 Å². The molecule has 6 aromatic carbocycles. The molecule has 0 aliphatic heterocycles. The summed E-state index contributed by atoms with van der Waals surface area (Å²) in [6, 6.07) is 45.2. The maximum Gasteiger partial charge on any atom is 0.255 e. The van der Waals surface area contributed by atoms with Crippen molar-refractivity contribution in [2.45, 2.75) is 13.8 Å². The van der Waals surface area contributed by atoms with E-state index in [4.69, 9.17) is 9.47 Å². The Kier molecular flexibility index (Phi) is 8.88. The minimum absolute atomic E-state index is 0.154. The molecule has 2 N–H and O–H groups in total. The number of nitrogens with one attached hydrogen (secondary N) is 2. The summed E-state index contributed by atoms with van der Waals surface area (Å²) in [5.41, 5.74) is 6.91. The van der Waals surface area contributed by atoms with Crippen molar-refractivity contribution in [2.75, 3.05) is 10.6 Å². The standard InChI is InChI=1S/C40H32N2O4/c1-27-3-7-31(8-4-27)39(43)41-33-15-23-37(24-16-33)45-35-19-11-29(12-20-35)30-13-21-36(22-14-30)46-38-25-17-34(18-26-38)42-40(44)32-9-5-28(2)6-10-32/h3-26H,1-2H3,(H,41,43)(H,42,44). The van der Waals surface area contributed by atoms with Crippen LogP contribution < -0.4 is 20.1 Å². The van der Waals surface area contributed by atoms with Crippen LogP contribution in [0.3, 0.4) is 0 Å². The van der Waals surface area contributed by atoms with Crippen molar-refractivity contribution in [3.8, 4) is 34.1 Å². The Hall–Kier alpha value is -6.14. The van der Waals surface area contributed by atoms with Gasteiger partial charge in [0.1, 0.15) is 23.0 Å². The van der Waals surface area contributed by atoms with E-state index < -0.39 is 0 Å². The van der Waals surface area contributed by atoms with Gasteiger partial charge in [0.05, 0.1) is 0 Å². The number of amides is 2. The van der Waals surface area contributed by atoms with Crippen molar-refractivity contribution in [1.82, 2.24) is 0 Å². The Morgan fingerprint density at radius 2 is 0.674 bits per heavy atom. The predicted molar refractivity (Wildman–Crippen MR) is 183 cm³/mol. The molecule has 226 valence electrons. The van der Waals surface area contributed by atoms with Crippen LogP contribution in [0.1, 0.15) is 31.8 Å². The average molecular weight is 605 g/mol. The van der Waals surface area contributed by atoms with Crippen molar-refractivity contribution >= 4 is 23.2 Å². The van der Waals surface area contributed by atoms with Gasteiger partial charge in [-0.3, -0.25) is 9.59 Å². The first-order valence-corrected chi connectivity index (χ1v) is 14.9. The van der Waals surface area contributed by atoms with Crippen LogP contribution in [-0.2, 0) is 0 Å². The van der Waals surface area contributed by atoms with Crippen LogP contribution in [-0.4, -0.2) is 11.8 Å². The monoisotopic (exact) mass is 604 g/mol. The molecule has 0 spiro atoms. The number of anilines is 2. The van der Waals surface area contributed by atoms with Gasteiger partial charge in [0.15, 0.2) is 0 Å². The van der Waals surface area contributed by atoms with Gasteiger partial charge >= 0.3 is 0 Å². The molecule has 0 bridgehead atoms. The van der Waals surface area contributed by atoms with Crippen molar-refractivity contribution in [3.63, 3.8) is 0 Å². The lowest BCUT2D eigenvalue weighted by molar-refractivity contribution is 0.101. The molecular formula is C40H32N2O4. The van der Waals surface area contributed by atoms with Gasteiger partial charge in [-0.2, -0.15) is 0 Å². The van der Waals surface area contributed by atoms with E-state index in [-0.39, 0.29) is 11.8 Å². The normalized spacial score (nSPS) is 10.6. The molecule has 0 radical (unpaired) electrons. The maximum atomic E-state index is 12.5. The lowest BCUT2D eigenvalue weighted by Gasteiger charge is -2.10. The van der Waals surface area contributed by atoms with E-state index in [1.165, 1.54) is 0 Å². The summed E-state index contributed by atoms with van der Waals surface area (Å²) in [5, 5.41) is 5.82. The van der Waals surface area contributed by atoms with Crippen molar-refractivity contribution in [3.05, 3.63) is 168 Å². The highest BCUT2D eigenvalue weighted by atomic mass is 16.5. The minimum atomic E-state index is -0.154. The maximum absolute atomic E-state index is 12.5. The summed E-state index contributed by atoms with van der Waals surface area (Å²) >= 11 is 0. The zero-order chi connectivity index (χ0) is 31.9. The molecule has 0 saturated heterocycles. The molecule has 0 aliphatic carbocycles. The van der Waals surface area contributed by atoms with E-state index in [9.17, 15) is 9.59 Å². The number of carbonyl (C=O) groups excluding carboxylic acids is 2. The molecule has 0 fully saturated rings. The summed E-state index contributed by atoms with van der Waals surface area (Å²) < 4.78 is 12.0. The fourth-order valence-electron chi connectivity index (χ4n) is 4.73. The SMILES string of the molecule is Cc1ccc(C(=O)Nc2ccc(Oc3ccc(-c4ccc(Oc5ccc(NC(=O)c6ccc(C)cc6)cc5)cc4)cc3)cc2)cc1. The summed E-state index contributed by atoms with van der Waals surface area (Å²) in [5.74, 6) is 2.45. The van der Waals surface area contributed by atoms with Gasteiger partial charge in [0.2, 0.25) is 0 Å². The highest BCUT2D eigenvalue weighted by Crippen LogP contribution is 2.29. The van der Waals surface area contributed by atoms with E-state index in [1.807, 2.05) is 159 Å². The first-order valence-electron chi connectivity index (χ1n) is 14.9. The lowest BCUT2D eigenvalue weighted by atomic mass is 10.1. The Morgan fingerprint density at radius 3 is 0.978 bits per heavy atom. The first kappa shape index (κ1) is 29.9. The topological polar surface area (TPSA) is 76.7 Å². The van der Waals surface area contributed by atoms with E-state index >= 15 is 0 Å². The van der Waals surface area contributed by atoms with Gasteiger partial charge in [-0.05, 0) is 122 Å². The highest BCUT2D eigenvalue weighted by Gasteiger charge is 2.08. The predicted octanol–water partition coefficient (Wildman–Crippen LogP) is 10.1. The van der Waals surface area contributed by atoms with Gasteiger partial charge in [-0.15, -0.1) is 0 Å². The van der Waals surface area contributed by atoms with Crippen LogP contribution >= 0.6 is 0 Å². The van der Waals surface area contributed by atoms with Crippen LogP contribution in [0.25, 0.3) is 11.1 Å². The van der Waals surface area contributed by atoms with Crippen molar-refractivity contribution in [2.24, 2.45) is 0 Å². The summed E-state index contributed by atoms with van der Waals surface area (Å²) in [6.07, 6.45) is 0. The fraction of sp³-hybridized carbons (Fsp3) is 0.0500. The first-order chi connectivity index (χ1) is 22.4. The quantitative estimate of drug-likeness (QED) is 0.172. The van der Waals surface area contributed by atoms with Crippen LogP contribution in [0.2, 0.25) is 0 Å². The molecule has 0 heterocycles. The molecule has 6 rings (SSSR count). The van der Waals surface area contributed by atoms with Crippen molar-refractivity contribution < 1.29 is 19.1 Å². The molecule has 0 aliphatic rings. The number of benzene rings is 6. The number of rotatable bonds is 9. The van der Waals surface area contributed by atoms with Crippen LogP contribution in [0, 0.1) is 13.8 Å². The van der Waals surface area contributed by atoms with Gasteiger partial charge in [0.25, 0.3) is 11.8 Å². The second-order valence-electron chi connectivity index (χ2n) is 10.9. The number of ether oxygens (including phenoxy) is 2. The summed E-state index contributed by atoms with van der Waals surface area (Å²) in [7, 11) is 0. The molecule has 6 aromatic rings. The molecule has 6 heteroatoms. The third-order valence-corrected chi connectivity index (χ3v) is 7.37. The molecule has 46 heavy (non-hydrogen) atoms. The largest absolute Gasteiger partial charge is 0.457 e. The Bertz CT molecular complexity index is 1780. The van der Waals surface area contributed by atoms with Gasteiger partial charge in [-0.1, -0.05) is 59.7 Å². The smallest absolute Gasteiger partial charge is 0.255 e. The van der Waals surface area contributed by atoms with Crippen LogP contribution in [0.5, 0.6) is 23.0 Å². The zero-order valence-corrected chi connectivity index (χ0v) is 25.5. The Morgan fingerprint density at radius 1 is 0.391 bits per heavy atom. The third-order valence-electron chi connectivity index (χ3n) is 7.37. The average Bonchev–Trinajstić information content (AvgIpc) is 3.08. The van der Waals surface area contributed by atoms with Crippen LogP contribution in [0.4, 0.5) is 11.4 Å². The molecule has 0 saturated carbocycles. The van der Waals surface area contributed by atoms with Crippen molar-refractivity contribution in [1.29, 1.82) is 0 Å². The molecular weight excluding hydrogens is 572 g/mol. The van der Waals surface area contributed by atoms with E-state index in [1.54, 1.807) is 0 Å². The van der Waals surface area contributed by atoms with Gasteiger partial charge in [-0.25, -0.2) is 0 Å². The Balaban J connectivity index is 1.00. The second-order valence-corrected chi connectivity index (χ2v) is 10.9. The summed E-state index contributed by atoms with van der Waals surface area (Å²) in [4.78, 5) is 25.0. The van der Waals surface area contributed by atoms with Gasteiger partial charge in [0, 0.05) is 22.5 Å². The number of hydrogen-bond acceptors (Lipinski definition) is 4.